The smallest absolute Gasteiger partial charge is 0.127 e. The van der Waals surface area contributed by atoms with E-state index < -0.39 is 0 Å². The normalized spacial score (nSPS) is 17.6. The topological polar surface area (TPSA) is 67.0 Å². The Morgan fingerprint density at radius 2 is 1.89 bits per heavy atom. The molecule has 0 amide bonds. The molecule has 0 spiro atoms. The first kappa shape index (κ1) is 18.3. The minimum atomic E-state index is -0.133. The second-order valence-corrected chi connectivity index (χ2v) is 8.14. The number of aldehydes is 1. The van der Waals surface area contributed by atoms with Crippen LogP contribution in [0.3, 0.4) is 0 Å². The highest BCUT2D eigenvalue weighted by molar-refractivity contribution is 5.86. The Balaban J connectivity index is 1.84. The third kappa shape index (κ3) is 3.40. The van der Waals surface area contributed by atoms with Gasteiger partial charge in [-0.3, -0.25) is 4.98 Å². The quantitative estimate of drug-likeness (QED) is 0.610. The van der Waals surface area contributed by atoms with E-state index >= 15 is 0 Å². The number of hydrogen-bond acceptors (Lipinski definition) is 4. The van der Waals surface area contributed by atoms with E-state index in [-0.39, 0.29) is 11.3 Å². The van der Waals surface area contributed by atoms with Crippen molar-refractivity contribution in [2.75, 3.05) is 12.4 Å². The number of aromatic amines is 1. The van der Waals surface area contributed by atoms with E-state index in [9.17, 15) is 4.79 Å². The summed E-state index contributed by atoms with van der Waals surface area (Å²) in [6, 6.07) is 11.8. The number of carbonyl (C=O) groups excluding carboxylic acids is 1. The number of carbonyl (C=O) groups is 1. The monoisotopic (exact) mass is 375 g/mol. The molecule has 0 aliphatic heterocycles. The van der Waals surface area contributed by atoms with Gasteiger partial charge in [0.25, 0.3) is 0 Å². The Hall–Kier alpha value is -3.08. The molecule has 0 radical (unpaired) electrons. The average Bonchev–Trinajstić information content (AvgIpc) is 3.05. The molecule has 1 unspecified atom stereocenters. The Morgan fingerprint density at radius 3 is 2.54 bits per heavy atom. The van der Waals surface area contributed by atoms with Gasteiger partial charge in [0.2, 0.25) is 0 Å². The molecular formula is C23H25N3O2. The largest absolute Gasteiger partial charge is 0.497 e. The molecule has 2 aromatic heterocycles. The third-order valence-electron chi connectivity index (χ3n) is 5.41. The van der Waals surface area contributed by atoms with E-state index in [4.69, 9.17) is 4.74 Å². The van der Waals surface area contributed by atoms with Gasteiger partial charge in [-0.05, 0) is 54.7 Å². The number of anilines is 2. The molecule has 144 valence electrons. The van der Waals surface area contributed by atoms with Gasteiger partial charge in [0.1, 0.15) is 12.0 Å². The summed E-state index contributed by atoms with van der Waals surface area (Å²) in [5.74, 6) is 0.676. The lowest BCUT2D eigenvalue weighted by Gasteiger charge is -2.33. The molecule has 2 heterocycles. The minimum absolute atomic E-state index is 0.0797. The van der Waals surface area contributed by atoms with Crippen molar-refractivity contribution in [1.29, 1.82) is 0 Å². The Kier molecular flexibility index (Phi) is 4.67. The summed E-state index contributed by atoms with van der Waals surface area (Å²) in [5.41, 5.74) is 6.26. The number of pyridine rings is 1. The molecule has 5 nitrogen and oxygen atoms in total. The van der Waals surface area contributed by atoms with Crippen molar-refractivity contribution in [2.45, 2.75) is 32.6 Å². The minimum Gasteiger partial charge on any atom is -0.497 e. The van der Waals surface area contributed by atoms with Crippen LogP contribution in [0.1, 0.15) is 37.4 Å². The van der Waals surface area contributed by atoms with E-state index in [0.717, 1.165) is 58.8 Å². The van der Waals surface area contributed by atoms with Crippen molar-refractivity contribution in [1.82, 2.24) is 9.97 Å². The first-order chi connectivity index (χ1) is 13.5. The highest BCUT2D eigenvalue weighted by Gasteiger charge is 2.36. The van der Waals surface area contributed by atoms with Crippen LogP contribution in [0.2, 0.25) is 0 Å². The molecule has 2 N–H and O–H groups in total. The van der Waals surface area contributed by atoms with Crippen molar-refractivity contribution in [3.8, 4) is 17.0 Å². The second-order valence-electron chi connectivity index (χ2n) is 8.14. The van der Waals surface area contributed by atoms with Gasteiger partial charge >= 0.3 is 0 Å². The van der Waals surface area contributed by atoms with Crippen LogP contribution in [0, 0.1) is 5.41 Å². The lowest BCUT2D eigenvalue weighted by molar-refractivity contribution is -0.109. The Labute approximate surface area is 165 Å². The maximum absolute atomic E-state index is 12.0. The van der Waals surface area contributed by atoms with E-state index in [1.54, 1.807) is 19.5 Å². The van der Waals surface area contributed by atoms with Crippen LogP contribution in [0.25, 0.3) is 11.3 Å². The number of hydrogen-bond donors (Lipinski definition) is 2. The Morgan fingerprint density at radius 1 is 1.18 bits per heavy atom. The summed E-state index contributed by atoms with van der Waals surface area (Å²) in [4.78, 5) is 19.7. The average molecular weight is 375 g/mol. The maximum atomic E-state index is 12.0. The van der Waals surface area contributed by atoms with Gasteiger partial charge in [-0.25, -0.2) is 0 Å². The standard InChI is InChI=1S/C23H25N3O2/c1-23(2)12-16(14-27)20-19(13-23)26-21(15-8-10-24-11-9-15)22(20)25-17-4-6-18(28-3)7-5-17/h4-11,14,16,25-26H,12-13H2,1-3H3. The summed E-state index contributed by atoms with van der Waals surface area (Å²) >= 11 is 0. The van der Waals surface area contributed by atoms with E-state index in [1.807, 2.05) is 36.4 Å². The van der Waals surface area contributed by atoms with Gasteiger partial charge in [0.05, 0.1) is 18.5 Å². The summed E-state index contributed by atoms with van der Waals surface area (Å²) in [6.45, 7) is 4.44. The molecule has 28 heavy (non-hydrogen) atoms. The van der Waals surface area contributed by atoms with Crippen LogP contribution in [0.4, 0.5) is 11.4 Å². The Bertz CT molecular complexity index is 975. The fourth-order valence-corrected chi connectivity index (χ4v) is 4.16. The summed E-state index contributed by atoms with van der Waals surface area (Å²) in [5, 5.41) is 3.56. The van der Waals surface area contributed by atoms with Gasteiger partial charge < -0.3 is 19.8 Å². The highest BCUT2D eigenvalue weighted by atomic mass is 16.5. The molecule has 0 bridgehead atoms. The van der Waals surface area contributed by atoms with E-state index in [1.165, 1.54) is 0 Å². The first-order valence-corrected chi connectivity index (χ1v) is 9.52. The predicted molar refractivity (Wildman–Crippen MR) is 111 cm³/mol. The molecule has 1 aliphatic carbocycles. The number of methoxy groups -OCH3 is 1. The fraction of sp³-hybridized carbons (Fsp3) is 0.304. The lowest BCUT2D eigenvalue weighted by Crippen LogP contribution is -2.26. The number of H-pyrrole nitrogens is 1. The SMILES string of the molecule is COc1ccc(Nc2c(-c3ccncc3)[nH]c3c2C(C=O)CC(C)(C)C3)cc1. The number of ether oxygens (including phenoxy) is 1. The summed E-state index contributed by atoms with van der Waals surface area (Å²) < 4.78 is 5.26. The van der Waals surface area contributed by atoms with E-state index in [0.29, 0.717) is 0 Å². The number of nitrogens with zero attached hydrogens (tertiary/aromatic N) is 1. The van der Waals surface area contributed by atoms with Crippen molar-refractivity contribution in [2.24, 2.45) is 5.41 Å². The number of nitrogens with one attached hydrogen (secondary N) is 2. The van der Waals surface area contributed by atoms with E-state index in [2.05, 4.69) is 29.1 Å². The van der Waals surface area contributed by atoms with Crippen molar-refractivity contribution in [3.63, 3.8) is 0 Å². The van der Waals surface area contributed by atoms with Crippen molar-refractivity contribution in [3.05, 3.63) is 60.0 Å². The third-order valence-corrected chi connectivity index (χ3v) is 5.41. The maximum Gasteiger partial charge on any atom is 0.127 e. The van der Waals surface area contributed by atoms with Gasteiger partial charge in [-0.15, -0.1) is 0 Å². The van der Waals surface area contributed by atoms with Crippen LogP contribution in [-0.4, -0.2) is 23.4 Å². The summed E-state index contributed by atoms with van der Waals surface area (Å²) in [6.07, 6.45) is 6.41. The molecule has 5 heteroatoms. The predicted octanol–water partition coefficient (Wildman–Crippen LogP) is 5.08. The first-order valence-electron chi connectivity index (χ1n) is 9.52. The zero-order chi connectivity index (χ0) is 19.7. The fourth-order valence-electron chi connectivity index (χ4n) is 4.16. The van der Waals surface area contributed by atoms with Crippen LogP contribution in [-0.2, 0) is 11.2 Å². The second kappa shape index (κ2) is 7.15. The molecule has 0 saturated heterocycles. The molecule has 0 saturated carbocycles. The number of rotatable bonds is 5. The van der Waals surface area contributed by atoms with Crippen LogP contribution in [0.5, 0.6) is 5.75 Å². The molecule has 1 aromatic carbocycles. The molecule has 1 atom stereocenters. The molecule has 3 aromatic rings. The number of aromatic nitrogens is 2. The molecule has 1 aliphatic rings. The molecule has 0 fully saturated rings. The zero-order valence-electron chi connectivity index (χ0n) is 16.5. The van der Waals surface area contributed by atoms with Crippen LogP contribution in [0.15, 0.2) is 48.8 Å². The number of fused-ring (bicyclic) bond motifs is 1. The van der Waals surface area contributed by atoms with Gasteiger partial charge in [-0.2, -0.15) is 0 Å². The molecular weight excluding hydrogens is 350 g/mol. The van der Waals surface area contributed by atoms with Crippen molar-refractivity contribution < 1.29 is 9.53 Å². The van der Waals surface area contributed by atoms with Crippen LogP contribution < -0.4 is 10.1 Å². The van der Waals surface area contributed by atoms with Gasteiger partial charge in [-0.1, -0.05) is 13.8 Å². The van der Waals surface area contributed by atoms with Crippen molar-refractivity contribution >= 4 is 17.7 Å². The zero-order valence-corrected chi connectivity index (χ0v) is 16.5. The lowest BCUT2D eigenvalue weighted by atomic mass is 9.71. The highest BCUT2D eigenvalue weighted by Crippen LogP contribution is 2.48. The summed E-state index contributed by atoms with van der Waals surface area (Å²) in [7, 11) is 1.66. The molecule has 4 rings (SSSR count). The van der Waals surface area contributed by atoms with Gasteiger partial charge in [0.15, 0.2) is 0 Å². The number of benzene rings is 1. The van der Waals surface area contributed by atoms with Crippen LogP contribution >= 0.6 is 0 Å². The van der Waals surface area contributed by atoms with Gasteiger partial charge in [0, 0.05) is 40.8 Å².